The van der Waals surface area contributed by atoms with E-state index >= 15 is 0 Å². The van der Waals surface area contributed by atoms with Crippen molar-refractivity contribution < 1.29 is 14.4 Å². The number of nitriles is 1. The van der Waals surface area contributed by atoms with Gasteiger partial charge in [0.1, 0.15) is 6.04 Å². The zero-order valence-electron chi connectivity index (χ0n) is 12.1. The Morgan fingerprint density at radius 1 is 1.50 bits per heavy atom. The first-order chi connectivity index (χ1) is 10.6. The van der Waals surface area contributed by atoms with Crippen molar-refractivity contribution in [3.05, 3.63) is 35.4 Å². The molecule has 1 atom stereocenters. The minimum absolute atomic E-state index is 0.0913. The van der Waals surface area contributed by atoms with Crippen LogP contribution in [0.15, 0.2) is 24.3 Å². The van der Waals surface area contributed by atoms with Crippen molar-refractivity contribution in [1.29, 1.82) is 5.26 Å². The molecule has 114 valence electrons. The van der Waals surface area contributed by atoms with Gasteiger partial charge in [-0.3, -0.25) is 14.4 Å². The maximum absolute atomic E-state index is 12.6. The van der Waals surface area contributed by atoms with E-state index in [2.05, 4.69) is 10.6 Å². The summed E-state index contributed by atoms with van der Waals surface area (Å²) in [5.41, 5.74) is 0.700. The smallest absolute Gasteiger partial charge is 0.254 e. The van der Waals surface area contributed by atoms with Gasteiger partial charge in [-0.2, -0.15) is 5.26 Å². The summed E-state index contributed by atoms with van der Waals surface area (Å²) in [6, 6.07) is 7.41. The van der Waals surface area contributed by atoms with E-state index in [1.807, 2.05) is 6.07 Å². The van der Waals surface area contributed by atoms with Crippen LogP contribution in [0.3, 0.4) is 0 Å². The molecule has 1 aromatic carbocycles. The summed E-state index contributed by atoms with van der Waals surface area (Å²) in [6.07, 6.45) is -0.0913. The number of benzene rings is 1. The molecule has 1 aliphatic rings. The molecule has 2 N–H and O–H groups in total. The lowest BCUT2D eigenvalue weighted by molar-refractivity contribution is -0.132. The Labute approximate surface area is 127 Å². The van der Waals surface area contributed by atoms with E-state index in [9.17, 15) is 14.4 Å². The largest absolute Gasteiger partial charge is 0.359 e. The summed E-state index contributed by atoms with van der Waals surface area (Å²) in [6.45, 7) is 0.662. The highest BCUT2D eigenvalue weighted by atomic mass is 16.2. The monoisotopic (exact) mass is 300 g/mol. The van der Waals surface area contributed by atoms with E-state index in [1.165, 1.54) is 18.0 Å². The van der Waals surface area contributed by atoms with E-state index in [0.29, 0.717) is 24.2 Å². The Morgan fingerprint density at radius 2 is 2.27 bits per heavy atom. The van der Waals surface area contributed by atoms with Crippen molar-refractivity contribution in [2.75, 3.05) is 20.1 Å². The molecule has 1 unspecified atom stereocenters. The summed E-state index contributed by atoms with van der Waals surface area (Å²) in [5, 5.41) is 14.0. The molecule has 0 aromatic heterocycles. The average Bonchev–Trinajstić information content (AvgIpc) is 2.55. The first-order valence-electron chi connectivity index (χ1n) is 6.86. The molecule has 0 bridgehead atoms. The molecule has 3 amide bonds. The number of nitrogens with one attached hydrogen (secondary N) is 2. The molecule has 1 saturated heterocycles. The van der Waals surface area contributed by atoms with Crippen molar-refractivity contribution in [2.45, 2.75) is 12.5 Å². The third-order valence-electron chi connectivity index (χ3n) is 3.49. The Kier molecular flexibility index (Phi) is 4.73. The molecule has 0 saturated carbocycles. The quantitative estimate of drug-likeness (QED) is 0.795. The van der Waals surface area contributed by atoms with Gasteiger partial charge in [-0.1, -0.05) is 6.07 Å². The van der Waals surface area contributed by atoms with Crippen LogP contribution >= 0.6 is 0 Å². The highest BCUT2D eigenvalue weighted by molar-refractivity contribution is 5.99. The second kappa shape index (κ2) is 6.72. The molecule has 2 rings (SSSR count). The van der Waals surface area contributed by atoms with Crippen molar-refractivity contribution in [1.82, 2.24) is 15.5 Å². The Morgan fingerprint density at radius 3 is 2.95 bits per heavy atom. The number of piperazine rings is 1. The van der Waals surface area contributed by atoms with E-state index in [-0.39, 0.29) is 24.1 Å². The number of hydrogen-bond donors (Lipinski definition) is 2. The van der Waals surface area contributed by atoms with Crippen LogP contribution < -0.4 is 10.6 Å². The molecule has 0 aliphatic carbocycles. The normalized spacial score (nSPS) is 17.4. The molecule has 1 fully saturated rings. The zero-order valence-corrected chi connectivity index (χ0v) is 12.1. The van der Waals surface area contributed by atoms with Gasteiger partial charge in [0.05, 0.1) is 18.1 Å². The Bertz CT molecular complexity index is 650. The van der Waals surface area contributed by atoms with E-state index < -0.39 is 6.04 Å². The predicted molar refractivity (Wildman–Crippen MR) is 77.7 cm³/mol. The van der Waals surface area contributed by atoms with Gasteiger partial charge in [-0.25, -0.2) is 0 Å². The van der Waals surface area contributed by atoms with Crippen LogP contribution in [0.25, 0.3) is 0 Å². The number of amides is 3. The molecule has 7 heteroatoms. The standard InChI is InChI=1S/C15H16N4O3/c1-17-13(20)8-12-14(21)18-5-6-19(12)15(22)11-4-2-3-10(7-11)9-16/h2-4,7,12H,5-6,8H2,1H3,(H,17,20)(H,18,21). The molecule has 22 heavy (non-hydrogen) atoms. The second-order valence-corrected chi connectivity index (χ2v) is 4.88. The Hall–Kier alpha value is -2.88. The molecule has 7 nitrogen and oxygen atoms in total. The maximum atomic E-state index is 12.6. The lowest BCUT2D eigenvalue weighted by Crippen LogP contribution is -2.58. The van der Waals surface area contributed by atoms with Crippen LogP contribution in [-0.2, 0) is 9.59 Å². The summed E-state index contributed by atoms with van der Waals surface area (Å²) in [4.78, 5) is 37.5. The first-order valence-corrected chi connectivity index (χ1v) is 6.86. The van der Waals surface area contributed by atoms with Crippen LogP contribution in [0.2, 0.25) is 0 Å². The second-order valence-electron chi connectivity index (χ2n) is 4.88. The Balaban J connectivity index is 2.26. The van der Waals surface area contributed by atoms with Gasteiger partial charge in [0.15, 0.2) is 0 Å². The number of hydrogen-bond acceptors (Lipinski definition) is 4. The number of rotatable bonds is 3. The van der Waals surface area contributed by atoms with Crippen LogP contribution in [0.4, 0.5) is 0 Å². The van der Waals surface area contributed by atoms with E-state index in [4.69, 9.17) is 5.26 Å². The topological polar surface area (TPSA) is 102 Å². The molecule has 0 spiro atoms. The number of carbonyl (C=O) groups excluding carboxylic acids is 3. The first kappa shape index (κ1) is 15.5. The van der Waals surface area contributed by atoms with Crippen LogP contribution in [0.1, 0.15) is 22.3 Å². The lowest BCUT2D eigenvalue weighted by atomic mass is 10.0. The molecule has 1 heterocycles. The summed E-state index contributed by atoms with van der Waals surface area (Å²) in [5.74, 6) is -1.02. The van der Waals surface area contributed by atoms with Crippen LogP contribution in [0, 0.1) is 11.3 Å². The van der Waals surface area contributed by atoms with E-state index in [0.717, 1.165) is 0 Å². The fourth-order valence-electron chi connectivity index (χ4n) is 2.33. The predicted octanol–water partition coefficient (Wildman–Crippen LogP) is -0.365. The zero-order chi connectivity index (χ0) is 16.1. The van der Waals surface area contributed by atoms with Crippen LogP contribution in [-0.4, -0.2) is 48.8 Å². The molecular formula is C15H16N4O3. The van der Waals surface area contributed by atoms with Crippen molar-refractivity contribution in [3.63, 3.8) is 0 Å². The van der Waals surface area contributed by atoms with E-state index in [1.54, 1.807) is 18.2 Å². The minimum Gasteiger partial charge on any atom is -0.359 e. The van der Waals surface area contributed by atoms with Gasteiger partial charge in [0, 0.05) is 25.7 Å². The summed E-state index contributed by atoms with van der Waals surface area (Å²) < 4.78 is 0. The summed E-state index contributed by atoms with van der Waals surface area (Å²) in [7, 11) is 1.48. The molecule has 1 aliphatic heterocycles. The third kappa shape index (κ3) is 3.23. The molecule has 0 radical (unpaired) electrons. The highest BCUT2D eigenvalue weighted by Gasteiger charge is 2.34. The van der Waals surface area contributed by atoms with Crippen molar-refractivity contribution in [3.8, 4) is 6.07 Å². The third-order valence-corrected chi connectivity index (χ3v) is 3.49. The number of nitrogens with zero attached hydrogens (tertiary/aromatic N) is 2. The van der Waals surface area contributed by atoms with Gasteiger partial charge in [-0.05, 0) is 18.2 Å². The van der Waals surface area contributed by atoms with Gasteiger partial charge < -0.3 is 15.5 Å². The van der Waals surface area contributed by atoms with Crippen molar-refractivity contribution >= 4 is 17.7 Å². The van der Waals surface area contributed by atoms with Gasteiger partial charge in [0.25, 0.3) is 5.91 Å². The van der Waals surface area contributed by atoms with Crippen molar-refractivity contribution in [2.24, 2.45) is 0 Å². The lowest BCUT2D eigenvalue weighted by Gasteiger charge is -2.34. The SMILES string of the molecule is CNC(=O)CC1C(=O)NCCN1C(=O)c1cccc(C#N)c1. The fourth-order valence-corrected chi connectivity index (χ4v) is 2.33. The summed E-state index contributed by atoms with van der Waals surface area (Å²) >= 11 is 0. The fraction of sp³-hybridized carbons (Fsp3) is 0.333. The molecular weight excluding hydrogens is 284 g/mol. The highest BCUT2D eigenvalue weighted by Crippen LogP contribution is 2.15. The average molecular weight is 300 g/mol. The van der Waals surface area contributed by atoms with Gasteiger partial charge in [0.2, 0.25) is 11.8 Å². The maximum Gasteiger partial charge on any atom is 0.254 e. The van der Waals surface area contributed by atoms with Gasteiger partial charge in [-0.15, -0.1) is 0 Å². The molecule has 1 aromatic rings. The minimum atomic E-state index is -0.841. The number of carbonyl (C=O) groups is 3. The van der Waals surface area contributed by atoms with Gasteiger partial charge >= 0.3 is 0 Å². The van der Waals surface area contributed by atoms with Crippen LogP contribution in [0.5, 0.6) is 0 Å².